The van der Waals surface area contributed by atoms with Gasteiger partial charge in [-0.1, -0.05) is 0 Å². The molecule has 0 aliphatic carbocycles. The molecule has 1 saturated heterocycles. The standard InChI is InChI=1S/C10H21NO2S/c1-8(11)4-3-7-14(12)10-5-6-13-9(10)2/h8-10H,3-7,11H2,1-2H3. The summed E-state index contributed by atoms with van der Waals surface area (Å²) in [5, 5.41) is 0.253. The molecule has 0 aromatic heterocycles. The largest absolute Gasteiger partial charge is 0.377 e. The monoisotopic (exact) mass is 219 g/mol. The van der Waals surface area contributed by atoms with Gasteiger partial charge in [-0.05, 0) is 33.1 Å². The molecular formula is C10H21NO2S. The fourth-order valence-electron chi connectivity index (χ4n) is 1.76. The number of hydrogen-bond donors (Lipinski definition) is 1. The Morgan fingerprint density at radius 3 is 2.86 bits per heavy atom. The maximum absolute atomic E-state index is 11.8. The van der Waals surface area contributed by atoms with Gasteiger partial charge in [-0.3, -0.25) is 4.21 Å². The van der Waals surface area contributed by atoms with Crippen molar-refractivity contribution in [3.8, 4) is 0 Å². The lowest BCUT2D eigenvalue weighted by molar-refractivity contribution is 0.127. The van der Waals surface area contributed by atoms with E-state index in [1.165, 1.54) is 0 Å². The Balaban J connectivity index is 2.21. The summed E-state index contributed by atoms with van der Waals surface area (Å²) in [6.45, 7) is 4.77. The Morgan fingerprint density at radius 1 is 1.64 bits per heavy atom. The first-order valence-corrected chi connectivity index (χ1v) is 6.74. The molecule has 0 spiro atoms. The number of nitrogens with two attached hydrogens (primary N) is 1. The van der Waals surface area contributed by atoms with Crippen LogP contribution in [0.2, 0.25) is 0 Å². The second-order valence-corrected chi connectivity index (χ2v) is 5.88. The highest BCUT2D eigenvalue weighted by atomic mass is 32.2. The predicted octanol–water partition coefficient (Wildman–Crippen LogP) is 1.04. The van der Waals surface area contributed by atoms with Crippen molar-refractivity contribution in [3.05, 3.63) is 0 Å². The first kappa shape index (κ1) is 12.1. The normalized spacial score (nSPS) is 31.6. The van der Waals surface area contributed by atoms with Crippen LogP contribution in [0.3, 0.4) is 0 Å². The molecule has 4 unspecified atom stereocenters. The van der Waals surface area contributed by atoms with Gasteiger partial charge in [0.05, 0.1) is 11.4 Å². The van der Waals surface area contributed by atoms with Gasteiger partial charge in [0, 0.05) is 29.2 Å². The highest BCUT2D eigenvalue weighted by Gasteiger charge is 2.28. The summed E-state index contributed by atoms with van der Waals surface area (Å²) >= 11 is 0. The average Bonchev–Trinajstić information content (AvgIpc) is 2.50. The summed E-state index contributed by atoms with van der Waals surface area (Å²) < 4.78 is 17.2. The molecule has 1 fully saturated rings. The Kier molecular flexibility index (Phi) is 5.06. The third-order valence-corrected chi connectivity index (χ3v) is 4.63. The fourth-order valence-corrected chi connectivity index (χ4v) is 3.38. The Morgan fingerprint density at radius 2 is 2.36 bits per heavy atom. The molecule has 1 aliphatic heterocycles. The van der Waals surface area contributed by atoms with E-state index in [1.54, 1.807) is 0 Å². The predicted molar refractivity (Wildman–Crippen MR) is 59.7 cm³/mol. The summed E-state index contributed by atoms with van der Waals surface area (Å²) in [4.78, 5) is 0. The van der Waals surface area contributed by atoms with Crippen molar-refractivity contribution in [3.63, 3.8) is 0 Å². The van der Waals surface area contributed by atoms with Gasteiger partial charge in [0.15, 0.2) is 0 Å². The first-order valence-electron chi connectivity index (χ1n) is 5.35. The molecule has 2 N–H and O–H groups in total. The van der Waals surface area contributed by atoms with Gasteiger partial charge in [-0.25, -0.2) is 0 Å². The Bertz CT molecular complexity index is 197. The van der Waals surface area contributed by atoms with E-state index < -0.39 is 10.8 Å². The number of hydrogen-bond acceptors (Lipinski definition) is 3. The van der Waals surface area contributed by atoms with Crippen LogP contribution in [0.1, 0.15) is 33.1 Å². The first-order chi connectivity index (χ1) is 6.61. The van der Waals surface area contributed by atoms with Gasteiger partial charge in [0.2, 0.25) is 0 Å². The third kappa shape index (κ3) is 3.67. The molecule has 4 heteroatoms. The van der Waals surface area contributed by atoms with Crippen molar-refractivity contribution >= 4 is 10.8 Å². The summed E-state index contributed by atoms with van der Waals surface area (Å²) in [5.74, 6) is 0.778. The Labute approximate surface area is 88.8 Å². The molecular weight excluding hydrogens is 198 g/mol. The lowest BCUT2D eigenvalue weighted by atomic mass is 10.2. The summed E-state index contributed by atoms with van der Waals surface area (Å²) in [5.41, 5.74) is 5.64. The molecule has 3 nitrogen and oxygen atoms in total. The zero-order valence-corrected chi connectivity index (χ0v) is 9.89. The van der Waals surface area contributed by atoms with Crippen LogP contribution >= 0.6 is 0 Å². The van der Waals surface area contributed by atoms with Crippen molar-refractivity contribution in [2.75, 3.05) is 12.4 Å². The minimum absolute atomic E-state index is 0.172. The van der Waals surface area contributed by atoms with Crippen LogP contribution in [0.15, 0.2) is 0 Å². The molecule has 0 amide bonds. The summed E-state index contributed by atoms with van der Waals surface area (Å²) in [7, 11) is -0.722. The van der Waals surface area contributed by atoms with E-state index in [4.69, 9.17) is 10.5 Å². The van der Waals surface area contributed by atoms with Gasteiger partial charge in [0.1, 0.15) is 0 Å². The maximum atomic E-state index is 11.8. The van der Waals surface area contributed by atoms with E-state index in [1.807, 2.05) is 13.8 Å². The van der Waals surface area contributed by atoms with Crippen molar-refractivity contribution in [1.82, 2.24) is 0 Å². The summed E-state index contributed by atoms with van der Waals surface area (Å²) in [6, 6.07) is 0.226. The zero-order chi connectivity index (χ0) is 10.6. The van der Waals surface area contributed by atoms with E-state index in [2.05, 4.69) is 0 Å². The van der Waals surface area contributed by atoms with Gasteiger partial charge in [-0.2, -0.15) is 0 Å². The lowest BCUT2D eigenvalue weighted by Gasteiger charge is -2.13. The number of rotatable bonds is 5. The summed E-state index contributed by atoms with van der Waals surface area (Å²) in [6.07, 6.45) is 3.05. The molecule has 0 aromatic rings. The van der Waals surface area contributed by atoms with Gasteiger partial charge in [-0.15, -0.1) is 0 Å². The lowest BCUT2D eigenvalue weighted by Crippen LogP contribution is -2.25. The van der Waals surface area contributed by atoms with Crippen molar-refractivity contribution in [1.29, 1.82) is 0 Å². The molecule has 1 rings (SSSR count). The number of ether oxygens (including phenoxy) is 1. The molecule has 84 valence electrons. The maximum Gasteiger partial charge on any atom is 0.0691 e. The van der Waals surface area contributed by atoms with Crippen LogP contribution in [0.5, 0.6) is 0 Å². The van der Waals surface area contributed by atoms with Crippen LogP contribution in [0.25, 0.3) is 0 Å². The highest BCUT2D eigenvalue weighted by Crippen LogP contribution is 2.19. The molecule has 1 heterocycles. The van der Waals surface area contributed by atoms with Gasteiger partial charge in [0.25, 0.3) is 0 Å². The van der Waals surface area contributed by atoms with E-state index in [-0.39, 0.29) is 17.4 Å². The third-order valence-electron chi connectivity index (χ3n) is 2.65. The molecule has 14 heavy (non-hydrogen) atoms. The second kappa shape index (κ2) is 5.83. The smallest absolute Gasteiger partial charge is 0.0691 e. The molecule has 0 saturated carbocycles. The van der Waals surface area contributed by atoms with Crippen LogP contribution in [-0.2, 0) is 15.5 Å². The van der Waals surface area contributed by atoms with E-state index in [0.29, 0.717) is 0 Å². The van der Waals surface area contributed by atoms with E-state index >= 15 is 0 Å². The molecule has 4 atom stereocenters. The Hall–Kier alpha value is 0.0700. The van der Waals surface area contributed by atoms with Crippen LogP contribution in [0, 0.1) is 0 Å². The SMILES string of the molecule is CC(N)CCCS(=O)C1CCOC1C. The van der Waals surface area contributed by atoms with Gasteiger partial charge >= 0.3 is 0 Å². The molecule has 1 aliphatic rings. The zero-order valence-electron chi connectivity index (χ0n) is 9.07. The minimum atomic E-state index is -0.722. The highest BCUT2D eigenvalue weighted by molar-refractivity contribution is 7.85. The fraction of sp³-hybridized carbons (Fsp3) is 1.00. The van der Waals surface area contributed by atoms with E-state index in [0.717, 1.165) is 31.6 Å². The quantitative estimate of drug-likeness (QED) is 0.751. The molecule has 0 radical (unpaired) electrons. The molecule has 0 aromatic carbocycles. The van der Waals surface area contributed by atoms with Crippen molar-refractivity contribution in [2.24, 2.45) is 5.73 Å². The van der Waals surface area contributed by atoms with E-state index in [9.17, 15) is 4.21 Å². The van der Waals surface area contributed by atoms with Gasteiger partial charge < -0.3 is 10.5 Å². The van der Waals surface area contributed by atoms with Crippen LogP contribution in [0.4, 0.5) is 0 Å². The topological polar surface area (TPSA) is 52.3 Å². The van der Waals surface area contributed by atoms with Crippen molar-refractivity contribution in [2.45, 2.75) is 50.5 Å². The van der Waals surface area contributed by atoms with Crippen LogP contribution < -0.4 is 5.73 Å². The average molecular weight is 219 g/mol. The minimum Gasteiger partial charge on any atom is -0.377 e. The van der Waals surface area contributed by atoms with Crippen molar-refractivity contribution < 1.29 is 8.95 Å². The second-order valence-electron chi connectivity index (χ2n) is 4.11. The van der Waals surface area contributed by atoms with Crippen LogP contribution in [-0.4, -0.2) is 34.0 Å². The molecule has 0 bridgehead atoms.